The van der Waals surface area contributed by atoms with Crippen LogP contribution in [0.4, 0.5) is 0 Å². The average Bonchev–Trinajstić information content (AvgIpc) is 2.94. The maximum absolute atomic E-state index is 9.40. The molecule has 1 fully saturated rings. The van der Waals surface area contributed by atoms with Gasteiger partial charge in [-0.05, 0) is 54.7 Å². The predicted octanol–water partition coefficient (Wildman–Crippen LogP) is 5.57. The zero-order valence-corrected chi connectivity index (χ0v) is 13.1. The molecule has 20 heavy (non-hydrogen) atoms. The quantitative estimate of drug-likeness (QED) is 0.689. The third-order valence-electron chi connectivity index (χ3n) is 5.03. The van der Waals surface area contributed by atoms with Crippen molar-refractivity contribution in [2.24, 2.45) is 17.8 Å². The fourth-order valence-electron chi connectivity index (χ4n) is 3.68. The second kappa shape index (κ2) is 7.71. The Hall–Kier alpha value is -0.980. The first kappa shape index (κ1) is 15.4. The van der Waals surface area contributed by atoms with E-state index in [9.17, 15) is 5.11 Å². The molecule has 1 nitrogen and oxygen atoms in total. The standard InChI is InChI=1S/C19H30O/c1-3-15(2)12-18(13-16-6-4-5-7-16)14-17-8-10-19(20)11-9-17/h8-11,15-16,18,20H,3-7,12-14H2,1-2H3. The van der Waals surface area contributed by atoms with Gasteiger partial charge in [0.15, 0.2) is 0 Å². The Morgan fingerprint density at radius 1 is 1.15 bits per heavy atom. The molecule has 1 heteroatoms. The minimum Gasteiger partial charge on any atom is -0.508 e. The summed E-state index contributed by atoms with van der Waals surface area (Å²) in [6, 6.07) is 7.83. The summed E-state index contributed by atoms with van der Waals surface area (Å²) < 4.78 is 0. The average molecular weight is 274 g/mol. The number of benzene rings is 1. The third kappa shape index (κ3) is 4.85. The van der Waals surface area contributed by atoms with E-state index in [1.54, 1.807) is 0 Å². The van der Waals surface area contributed by atoms with Crippen molar-refractivity contribution in [1.29, 1.82) is 0 Å². The molecule has 0 heterocycles. The van der Waals surface area contributed by atoms with Crippen LogP contribution in [0.15, 0.2) is 24.3 Å². The van der Waals surface area contributed by atoms with E-state index in [0.717, 1.165) is 17.8 Å². The van der Waals surface area contributed by atoms with Crippen LogP contribution in [0.25, 0.3) is 0 Å². The van der Waals surface area contributed by atoms with Gasteiger partial charge >= 0.3 is 0 Å². The van der Waals surface area contributed by atoms with Gasteiger partial charge in [-0.2, -0.15) is 0 Å². The molecule has 1 aromatic carbocycles. The van der Waals surface area contributed by atoms with Crippen LogP contribution in [0.5, 0.6) is 5.75 Å². The number of hydrogen-bond acceptors (Lipinski definition) is 1. The number of phenols is 1. The van der Waals surface area contributed by atoms with Crippen LogP contribution in [-0.4, -0.2) is 5.11 Å². The largest absolute Gasteiger partial charge is 0.508 e. The Balaban J connectivity index is 1.95. The molecule has 0 amide bonds. The van der Waals surface area contributed by atoms with Crippen LogP contribution in [-0.2, 0) is 6.42 Å². The van der Waals surface area contributed by atoms with Gasteiger partial charge in [-0.1, -0.05) is 58.1 Å². The van der Waals surface area contributed by atoms with Crippen LogP contribution in [0.2, 0.25) is 0 Å². The van der Waals surface area contributed by atoms with Crippen LogP contribution >= 0.6 is 0 Å². The molecule has 0 aliphatic heterocycles. The van der Waals surface area contributed by atoms with Crippen LogP contribution in [0, 0.1) is 17.8 Å². The van der Waals surface area contributed by atoms with Crippen LogP contribution in [0.3, 0.4) is 0 Å². The highest BCUT2D eigenvalue weighted by Gasteiger charge is 2.21. The summed E-state index contributed by atoms with van der Waals surface area (Å²) in [5.74, 6) is 3.00. The topological polar surface area (TPSA) is 20.2 Å². The van der Waals surface area contributed by atoms with Crippen molar-refractivity contribution in [2.75, 3.05) is 0 Å². The van der Waals surface area contributed by atoms with Crippen molar-refractivity contribution < 1.29 is 5.11 Å². The Kier molecular flexibility index (Phi) is 5.94. The molecule has 112 valence electrons. The highest BCUT2D eigenvalue weighted by atomic mass is 16.3. The molecule has 0 saturated heterocycles. The summed E-state index contributed by atoms with van der Waals surface area (Å²) >= 11 is 0. The lowest BCUT2D eigenvalue weighted by Gasteiger charge is -2.23. The summed E-state index contributed by atoms with van der Waals surface area (Å²) in [6.07, 6.45) is 11.0. The van der Waals surface area contributed by atoms with Gasteiger partial charge in [0, 0.05) is 0 Å². The van der Waals surface area contributed by atoms with Crippen molar-refractivity contribution >= 4 is 0 Å². The zero-order valence-electron chi connectivity index (χ0n) is 13.1. The van der Waals surface area contributed by atoms with Crippen LogP contribution in [0.1, 0.15) is 64.4 Å². The molecule has 1 aliphatic carbocycles. The van der Waals surface area contributed by atoms with E-state index >= 15 is 0 Å². The Morgan fingerprint density at radius 2 is 1.80 bits per heavy atom. The molecule has 1 saturated carbocycles. The summed E-state index contributed by atoms with van der Waals surface area (Å²) in [6.45, 7) is 4.69. The first-order chi connectivity index (χ1) is 9.67. The van der Waals surface area contributed by atoms with Crippen LogP contribution < -0.4 is 0 Å². The lowest BCUT2D eigenvalue weighted by molar-refractivity contribution is 0.308. The molecule has 0 radical (unpaired) electrons. The van der Waals surface area contributed by atoms with Crippen molar-refractivity contribution in [2.45, 2.75) is 65.2 Å². The molecule has 1 aromatic rings. The van der Waals surface area contributed by atoms with Gasteiger partial charge in [0.1, 0.15) is 5.75 Å². The van der Waals surface area contributed by atoms with Gasteiger partial charge in [0.2, 0.25) is 0 Å². The first-order valence-corrected chi connectivity index (χ1v) is 8.45. The van der Waals surface area contributed by atoms with E-state index in [1.165, 1.54) is 56.9 Å². The molecule has 1 N–H and O–H groups in total. The highest BCUT2D eigenvalue weighted by molar-refractivity contribution is 5.26. The van der Waals surface area contributed by atoms with Gasteiger partial charge < -0.3 is 5.11 Å². The van der Waals surface area contributed by atoms with E-state index < -0.39 is 0 Å². The predicted molar refractivity (Wildman–Crippen MR) is 85.9 cm³/mol. The van der Waals surface area contributed by atoms with Gasteiger partial charge in [-0.15, -0.1) is 0 Å². The minimum atomic E-state index is 0.378. The molecule has 0 aromatic heterocycles. The van der Waals surface area contributed by atoms with E-state index in [4.69, 9.17) is 0 Å². The van der Waals surface area contributed by atoms with Crippen molar-refractivity contribution in [3.63, 3.8) is 0 Å². The maximum Gasteiger partial charge on any atom is 0.115 e. The summed E-state index contributed by atoms with van der Waals surface area (Å²) in [5.41, 5.74) is 1.38. The Morgan fingerprint density at radius 3 is 2.40 bits per heavy atom. The van der Waals surface area contributed by atoms with Crippen molar-refractivity contribution in [3.8, 4) is 5.75 Å². The summed E-state index contributed by atoms with van der Waals surface area (Å²) in [7, 11) is 0. The van der Waals surface area contributed by atoms with Gasteiger partial charge in [-0.3, -0.25) is 0 Å². The van der Waals surface area contributed by atoms with Gasteiger partial charge in [0.05, 0.1) is 0 Å². The summed E-state index contributed by atoms with van der Waals surface area (Å²) in [5, 5.41) is 9.40. The second-order valence-electron chi connectivity index (χ2n) is 6.87. The van der Waals surface area contributed by atoms with Gasteiger partial charge in [0.25, 0.3) is 0 Å². The lowest BCUT2D eigenvalue weighted by Crippen LogP contribution is -2.13. The van der Waals surface area contributed by atoms with E-state index in [2.05, 4.69) is 26.0 Å². The number of phenolic OH excluding ortho intramolecular Hbond substituents is 1. The highest BCUT2D eigenvalue weighted by Crippen LogP contribution is 2.34. The fraction of sp³-hybridized carbons (Fsp3) is 0.684. The molecule has 1 aliphatic rings. The monoisotopic (exact) mass is 274 g/mol. The minimum absolute atomic E-state index is 0.378. The normalized spacial score (nSPS) is 19.1. The summed E-state index contributed by atoms with van der Waals surface area (Å²) in [4.78, 5) is 0. The molecular formula is C19H30O. The Labute approximate surface area is 124 Å². The van der Waals surface area contributed by atoms with Crippen molar-refractivity contribution in [3.05, 3.63) is 29.8 Å². The molecule has 0 spiro atoms. The van der Waals surface area contributed by atoms with E-state index in [1.807, 2.05) is 12.1 Å². The molecule has 2 atom stereocenters. The molecule has 2 rings (SSSR count). The van der Waals surface area contributed by atoms with E-state index in [-0.39, 0.29) is 0 Å². The zero-order chi connectivity index (χ0) is 14.4. The molecular weight excluding hydrogens is 244 g/mol. The number of hydrogen-bond donors (Lipinski definition) is 1. The SMILES string of the molecule is CCC(C)CC(Cc1ccc(O)cc1)CC1CCCC1. The second-order valence-corrected chi connectivity index (χ2v) is 6.87. The first-order valence-electron chi connectivity index (χ1n) is 8.45. The number of aromatic hydroxyl groups is 1. The van der Waals surface area contributed by atoms with Crippen molar-refractivity contribution in [1.82, 2.24) is 0 Å². The molecule has 2 unspecified atom stereocenters. The number of rotatable bonds is 7. The molecule has 0 bridgehead atoms. The smallest absolute Gasteiger partial charge is 0.115 e. The third-order valence-corrected chi connectivity index (χ3v) is 5.03. The fourth-order valence-corrected chi connectivity index (χ4v) is 3.68. The van der Waals surface area contributed by atoms with E-state index in [0.29, 0.717) is 5.75 Å². The maximum atomic E-state index is 9.40. The Bertz CT molecular complexity index is 375. The lowest BCUT2D eigenvalue weighted by atomic mass is 9.82. The van der Waals surface area contributed by atoms with Gasteiger partial charge in [-0.25, -0.2) is 0 Å².